The number of benzene rings is 1. The van der Waals surface area contributed by atoms with Gasteiger partial charge in [0.1, 0.15) is 11.6 Å². The zero-order valence-electron chi connectivity index (χ0n) is 9.13. The Kier molecular flexibility index (Phi) is 3.51. The van der Waals surface area contributed by atoms with Gasteiger partial charge in [0.25, 0.3) is 0 Å². The molecular formula is C12H16F2N2. The minimum Gasteiger partial charge on any atom is -0.327 e. The topological polar surface area (TPSA) is 29.3 Å². The highest BCUT2D eigenvalue weighted by atomic mass is 19.1. The molecule has 1 aliphatic rings. The summed E-state index contributed by atoms with van der Waals surface area (Å²) in [6, 6.07) is 3.91. The van der Waals surface area contributed by atoms with Gasteiger partial charge in [-0.15, -0.1) is 0 Å². The van der Waals surface area contributed by atoms with Gasteiger partial charge in [-0.2, -0.15) is 0 Å². The summed E-state index contributed by atoms with van der Waals surface area (Å²) in [5.74, 6) is -1.00. The molecule has 0 aromatic heterocycles. The van der Waals surface area contributed by atoms with Crippen LogP contribution in [0.15, 0.2) is 18.2 Å². The summed E-state index contributed by atoms with van der Waals surface area (Å²) in [4.78, 5) is 2.12. The molecule has 1 atom stereocenters. The van der Waals surface area contributed by atoms with Gasteiger partial charge in [0.2, 0.25) is 0 Å². The Morgan fingerprint density at radius 1 is 1.38 bits per heavy atom. The van der Waals surface area contributed by atoms with E-state index in [4.69, 9.17) is 5.73 Å². The van der Waals surface area contributed by atoms with Crippen LogP contribution in [0.1, 0.15) is 18.4 Å². The third-order valence-corrected chi connectivity index (χ3v) is 2.95. The van der Waals surface area contributed by atoms with E-state index in [1.807, 2.05) is 0 Å². The maximum Gasteiger partial charge on any atom is 0.130 e. The molecule has 0 bridgehead atoms. The van der Waals surface area contributed by atoms with E-state index in [2.05, 4.69) is 4.90 Å². The van der Waals surface area contributed by atoms with Gasteiger partial charge >= 0.3 is 0 Å². The van der Waals surface area contributed by atoms with E-state index in [9.17, 15) is 8.78 Å². The molecule has 16 heavy (non-hydrogen) atoms. The Balaban J connectivity index is 2.02. The Morgan fingerprint density at radius 3 is 2.88 bits per heavy atom. The van der Waals surface area contributed by atoms with E-state index in [1.54, 1.807) is 0 Å². The molecule has 1 fully saturated rings. The fourth-order valence-electron chi connectivity index (χ4n) is 2.13. The van der Waals surface area contributed by atoms with Crippen molar-refractivity contribution in [3.63, 3.8) is 0 Å². The fraction of sp³-hybridized carbons (Fsp3) is 0.500. The van der Waals surface area contributed by atoms with Crippen molar-refractivity contribution in [2.45, 2.75) is 25.4 Å². The minimum atomic E-state index is -0.531. The third-order valence-electron chi connectivity index (χ3n) is 2.95. The van der Waals surface area contributed by atoms with E-state index >= 15 is 0 Å². The molecule has 4 heteroatoms. The lowest BCUT2D eigenvalue weighted by Gasteiger charge is -2.30. The van der Waals surface area contributed by atoms with E-state index in [-0.39, 0.29) is 6.04 Å². The second-order valence-electron chi connectivity index (χ2n) is 4.37. The van der Waals surface area contributed by atoms with Crippen molar-refractivity contribution in [2.24, 2.45) is 5.73 Å². The van der Waals surface area contributed by atoms with Gasteiger partial charge in [-0.1, -0.05) is 6.07 Å². The van der Waals surface area contributed by atoms with Crippen molar-refractivity contribution >= 4 is 0 Å². The highest BCUT2D eigenvalue weighted by Crippen LogP contribution is 2.15. The molecule has 2 nitrogen and oxygen atoms in total. The molecule has 0 unspecified atom stereocenters. The molecule has 0 spiro atoms. The van der Waals surface area contributed by atoms with Crippen LogP contribution in [0.5, 0.6) is 0 Å². The number of piperidine rings is 1. The Hall–Kier alpha value is -1.00. The average Bonchev–Trinajstić information content (AvgIpc) is 2.22. The molecule has 0 amide bonds. The van der Waals surface area contributed by atoms with Crippen LogP contribution in [0, 0.1) is 11.6 Å². The van der Waals surface area contributed by atoms with Crippen LogP contribution >= 0.6 is 0 Å². The molecule has 0 aliphatic carbocycles. The highest BCUT2D eigenvalue weighted by molar-refractivity contribution is 5.18. The van der Waals surface area contributed by atoms with Crippen molar-refractivity contribution in [2.75, 3.05) is 13.1 Å². The zero-order chi connectivity index (χ0) is 11.5. The first kappa shape index (κ1) is 11.5. The molecule has 88 valence electrons. The molecule has 1 aromatic rings. The quantitative estimate of drug-likeness (QED) is 0.834. The average molecular weight is 226 g/mol. The first-order valence-corrected chi connectivity index (χ1v) is 5.57. The van der Waals surface area contributed by atoms with E-state index in [1.165, 1.54) is 12.1 Å². The third kappa shape index (κ3) is 2.77. The minimum absolute atomic E-state index is 0.178. The van der Waals surface area contributed by atoms with E-state index in [0.29, 0.717) is 12.1 Å². The van der Waals surface area contributed by atoms with Crippen LogP contribution in [0.2, 0.25) is 0 Å². The maximum atomic E-state index is 13.4. The SMILES string of the molecule is N[C@@H]1CCCN(Cc2ccc(F)cc2F)C1. The van der Waals surface area contributed by atoms with Crippen LogP contribution in [-0.4, -0.2) is 24.0 Å². The molecule has 1 saturated heterocycles. The fourth-order valence-corrected chi connectivity index (χ4v) is 2.13. The number of nitrogens with two attached hydrogens (primary N) is 1. The molecule has 1 aliphatic heterocycles. The lowest BCUT2D eigenvalue weighted by Crippen LogP contribution is -2.42. The summed E-state index contributed by atoms with van der Waals surface area (Å²) < 4.78 is 26.1. The Labute approximate surface area is 94.0 Å². The molecule has 2 N–H and O–H groups in total. The smallest absolute Gasteiger partial charge is 0.130 e. The number of hydrogen-bond acceptors (Lipinski definition) is 2. The van der Waals surface area contributed by atoms with Crippen molar-refractivity contribution in [1.82, 2.24) is 4.90 Å². The van der Waals surface area contributed by atoms with E-state index in [0.717, 1.165) is 32.0 Å². The number of hydrogen-bond donors (Lipinski definition) is 1. The Morgan fingerprint density at radius 2 is 2.19 bits per heavy atom. The summed E-state index contributed by atoms with van der Waals surface area (Å²) in [7, 11) is 0. The molecular weight excluding hydrogens is 210 g/mol. The van der Waals surface area contributed by atoms with Crippen molar-refractivity contribution in [3.05, 3.63) is 35.4 Å². The van der Waals surface area contributed by atoms with Crippen LogP contribution in [-0.2, 0) is 6.54 Å². The molecule has 1 heterocycles. The molecule has 1 aromatic carbocycles. The van der Waals surface area contributed by atoms with Crippen LogP contribution < -0.4 is 5.73 Å². The van der Waals surface area contributed by atoms with Gasteiger partial charge in [0.15, 0.2) is 0 Å². The van der Waals surface area contributed by atoms with Gasteiger partial charge in [0, 0.05) is 30.8 Å². The standard InChI is InChI=1S/C12H16F2N2/c13-10-4-3-9(12(14)6-10)7-16-5-1-2-11(15)8-16/h3-4,6,11H,1-2,5,7-8,15H2/t11-/m1/s1. The number of rotatable bonds is 2. The molecule has 0 saturated carbocycles. The second-order valence-corrected chi connectivity index (χ2v) is 4.37. The predicted octanol–water partition coefficient (Wildman–Crippen LogP) is 1.89. The van der Waals surface area contributed by atoms with Crippen LogP contribution in [0.4, 0.5) is 8.78 Å². The van der Waals surface area contributed by atoms with Gasteiger partial charge in [0.05, 0.1) is 0 Å². The largest absolute Gasteiger partial charge is 0.327 e. The van der Waals surface area contributed by atoms with Crippen molar-refractivity contribution < 1.29 is 8.78 Å². The highest BCUT2D eigenvalue weighted by Gasteiger charge is 2.17. The lowest BCUT2D eigenvalue weighted by atomic mass is 10.1. The normalized spacial score (nSPS) is 22.3. The monoisotopic (exact) mass is 226 g/mol. The summed E-state index contributed by atoms with van der Waals surface area (Å²) in [6.45, 7) is 2.24. The first-order chi connectivity index (χ1) is 7.65. The zero-order valence-corrected chi connectivity index (χ0v) is 9.13. The summed E-state index contributed by atoms with van der Waals surface area (Å²) >= 11 is 0. The number of nitrogens with zero attached hydrogens (tertiary/aromatic N) is 1. The summed E-state index contributed by atoms with van der Waals surface area (Å²) in [5.41, 5.74) is 6.38. The first-order valence-electron chi connectivity index (χ1n) is 5.57. The molecule has 2 rings (SSSR count). The number of halogens is 2. The predicted molar refractivity (Wildman–Crippen MR) is 58.8 cm³/mol. The second kappa shape index (κ2) is 4.89. The van der Waals surface area contributed by atoms with Crippen LogP contribution in [0.3, 0.4) is 0 Å². The van der Waals surface area contributed by atoms with Gasteiger partial charge in [-0.05, 0) is 25.5 Å². The maximum absolute atomic E-state index is 13.4. The van der Waals surface area contributed by atoms with Crippen LogP contribution in [0.25, 0.3) is 0 Å². The van der Waals surface area contributed by atoms with Gasteiger partial charge < -0.3 is 5.73 Å². The van der Waals surface area contributed by atoms with Crippen molar-refractivity contribution in [3.8, 4) is 0 Å². The Bertz CT molecular complexity index is 368. The molecule has 0 radical (unpaired) electrons. The number of likely N-dealkylation sites (tertiary alicyclic amines) is 1. The van der Waals surface area contributed by atoms with Gasteiger partial charge in [-0.3, -0.25) is 4.90 Å². The van der Waals surface area contributed by atoms with Gasteiger partial charge in [-0.25, -0.2) is 8.78 Å². The van der Waals surface area contributed by atoms with Crippen molar-refractivity contribution in [1.29, 1.82) is 0 Å². The lowest BCUT2D eigenvalue weighted by molar-refractivity contribution is 0.199. The summed E-state index contributed by atoms with van der Waals surface area (Å²) in [6.07, 6.45) is 2.08. The summed E-state index contributed by atoms with van der Waals surface area (Å²) in [5, 5.41) is 0. The van der Waals surface area contributed by atoms with E-state index < -0.39 is 11.6 Å².